The van der Waals surface area contributed by atoms with E-state index in [0.29, 0.717) is 11.5 Å². The second kappa shape index (κ2) is 6.69. The van der Waals surface area contributed by atoms with Crippen LogP contribution < -0.4 is 0 Å². The third kappa shape index (κ3) is 4.13. The zero-order valence-electron chi connectivity index (χ0n) is 9.56. The summed E-state index contributed by atoms with van der Waals surface area (Å²) in [6, 6.07) is 0. The molecule has 0 spiro atoms. The zero-order chi connectivity index (χ0) is 11.2. The SMILES string of the molecule is O=S(CCC1OCCCO1)CC1CCCO1. The van der Waals surface area contributed by atoms with Crippen molar-refractivity contribution in [2.75, 3.05) is 31.3 Å². The monoisotopic (exact) mass is 248 g/mol. The van der Waals surface area contributed by atoms with E-state index in [1.165, 1.54) is 0 Å². The Morgan fingerprint density at radius 3 is 2.50 bits per heavy atom. The van der Waals surface area contributed by atoms with Crippen LogP contribution in [0.2, 0.25) is 0 Å². The Bertz CT molecular complexity index is 222. The molecule has 5 heteroatoms. The molecule has 94 valence electrons. The average molecular weight is 248 g/mol. The number of rotatable bonds is 5. The van der Waals surface area contributed by atoms with Crippen molar-refractivity contribution < 1.29 is 18.4 Å². The Kier molecular flexibility index (Phi) is 5.22. The van der Waals surface area contributed by atoms with E-state index >= 15 is 0 Å². The van der Waals surface area contributed by atoms with Crippen LogP contribution in [0, 0.1) is 0 Å². The number of hydrogen-bond donors (Lipinski definition) is 0. The highest BCUT2D eigenvalue weighted by atomic mass is 32.2. The molecule has 0 aromatic heterocycles. The quantitative estimate of drug-likeness (QED) is 0.730. The van der Waals surface area contributed by atoms with Gasteiger partial charge in [0.2, 0.25) is 0 Å². The van der Waals surface area contributed by atoms with Crippen molar-refractivity contribution >= 4 is 10.8 Å². The van der Waals surface area contributed by atoms with Crippen molar-refractivity contribution in [3.63, 3.8) is 0 Å². The van der Waals surface area contributed by atoms with Crippen LogP contribution in [-0.2, 0) is 25.0 Å². The Labute approximate surface area is 99.1 Å². The fraction of sp³-hybridized carbons (Fsp3) is 1.00. The van der Waals surface area contributed by atoms with Crippen molar-refractivity contribution in [1.82, 2.24) is 0 Å². The molecule has 2 fully saturated rings. The minimum Gasteiger partial charge on any atom is -0.377 e. The van der Waals surface area contributed by atoms with Crippen molar-refractivity contribution in [2.45, 2.75) is 38.1 Å². The Morgan fingerprint density at radius 2 is 1.81 bits per heavy atom. The largest absolute Gasteiger partial charge is 0.377 e. The van der Waals surface area contributed by atoms with Crippen LogP contribution in [0.5, 0.6) is 0 Å². The molecule has 0 aromatic rings. The first-order chi connectivity index (χ1) is 7.84. The van der Waals surface area contributed by atoms with Gasteiger partial charge >= 0.3 is 0 Å². The summed E-state index contributed by atoms with van der Waals surface area (Å²) < 4.78 is 28.0. The van der Waals surface area contributed by atoms with Crippen LogP contribution >= 0.6 is 0 Å². The van der Waals surface area contributed by atoms with Gasteiger partial charge in [-0.3, -0.25) is 4.21 Å². The maximum absolute atomic E-state index is 11.8. The van der Waals surface area contributed by atoms with Gasteiger partial charge in [-0.15, -0.1) is 0 Å². The van der Waals surface area contributed by atoms with Gasteiger partial charge in [-0.05, 0) is 19.3 Å². The molecule has 0 amide bonds. The fourth-order valence-electron chi connectivity index (χ4n) is 2.00. The average Bonchev–Trinajstić information content (AvgIpc) is 2.81. The summed E-state index contributed by atoms with van der Waals surface area (Å²) in [7, 11) is -0.797. The van der Waals surface area contributed by atoms with Crippen LogP contribution in [0.4, 0.5) is 0 Å². The molecule has 2 rings (SSSR count). The molecule has 0 saturated carbocycles. The third-order valence-corrected chi connectivity index (χ3v) is 4.31. The van der Waals surface area contributed by atoms with Gasteiger partial charge in [-0.2, -0.15) is 0 Å². The molecule has 0 N–H and O–H groups in total. The molecule has 0 aromatic carbocycles. The third-order valence-electron chi connectivity index (χ3n) is 2.87. The van der Waals surface area contributed by atoms with E-state index in [9.17, 15) is 4.21 Å². The normalized spacial score (nSPS) is 29.4. The molecule has 0 bridgehead atoms. The topological polar surface area (TPSA) is 44.8 Å². The van der Waals surface area contributed by atoms with Crippen molar-refractivity contribution in [3.05, 3.63) is 0 Å². The van der Waals surface area contributed by atoms with Crippen LogP contribution in [0.25, 0.3) is 0 Å². The van der Waals surface area contributed by atoms with Crippen molar-refractivity contribution in [3.8, 4) is 0 Å². The van der Waals surface area contributed by atoms with Gasteiger partial charge in [-0.1, -0.05) is 0 Å². The first kappa shape index (κ1) is 12.5. The lowest BCUT2D eigenvalue weighted by Crippen LogP contribution is -2.27. The molecule has 4 nitrogen and oxygen atoms in total. The van der Waals surface area contributed by atoms with Gasteiger partial charge in [0, 0.05) is 35.3 Å². The van der Waals surface area contributed by atoms with Crippen molar-refractivity contribution in [2.24, 2.45) is 0 Å². The molecule has 0 radical (unpaired) electrons. The first-order valence-electron chi connectivity index (χ1n) is 6.04. The van der Waals surface area contributed by atoms with Crippen LogP contribution in [0.1, 0.15) is 25.7 Å². The van der Waals surface area contributed by atoms with Crippen LogP contribution in [0.3, 0.4) is 0 Å². The summed E-state index contributed by atoms with van der Waals surface area (Å²) in [4.78, 5) is 0. The van der Waals surface area contributed by atoms with Gasteiger partial charge in [0.25, 0.3) is 0 Å². The van der Waals surface area contributed by atoms with E-state index in [1.807, 2.05) is 0 Å². The zero-order valence-corrected chi connectivity index (χ0v) is 10.4. The first-order valence-corrected chi connectivity index (χ1v) is 7.53. The van der Waals surface area contributed by atoms with Gasteiger partial charge in [-0.25, -0.2) is 0 Å². The maximum Gasteiger partial charge on any atom is 0.158 e. The van der Waals surface area contributed by atoms with Gasteiger partial charge in [0.1, 0.15) is 0 Å². The van der Waals surface area contributed by atoms with E-state index in [0.717, 1.165) is 45.5 Å². The standard InChI is InChI=1S/C11H20O4S/c12-16(9-10-3-1-5-13-10)8-4-11-14-6-2-7-15-11/h10-11H,1-9H2. The molecule has 2 saturated heterocycles. The number of ether oxygens (including phenoxy) is 3. The lowest BCUT2D eigenvalue weighted by molar-refractivity contribution is -0.178. The predicted octanol–water partition coefficient (Wildman–Crippen LogP) is 1.07. The highest BCUT2D eigenvalue weighted by Gasteiger charge is 2.20. The minimum atomic E-state index is -0.797. The minimum absolute atomic E-state index is 0.137. The highest BCUT2D eigenvalue weighted by molar-refractivity contribution is 7.85. The number of hydrogen-bond acceptors (Lipinski definition) is 4. The van der Waals surface area contributed by atoms with E-state index in [1.54, 1.807) is 0 Å². The lowest BCUT2D eigenvalue weighted by atomic mass is 10.3. The summed E-state index contributed by atoms with van der Waals surface area (Å²) in [6.07, 6.45) is 3.95. The predicted molar refractivity (Wildman–Crippen MR) is 61.8 cm³/mol. The fourth-order valence-corrected chi connectivity index (χ4v) is 3.30. The van der Waals surface area contributed by atoms with E-state index < -0.39 is 10.8 Å². The van der Waals surface area contributed by atoms with E-state index in [-0.39, 0.29) is 12.4 Å². The Balaban J connectivity index is 1.59. The summed E-state index contributed by atoms with van der Waals surface area (Å²) in [5, 5.41) is 0. The van der Waals surface area contributed by atoms with E-state index in [2.05, 4.69) is 0 Å². The van der Waals surface area contributed by atoms with Crippen LogP contribution in [0.15, 0.2) is 0 Å². The summed E-state index contributed by atoms with van der Waals surface area (Å²) in [5.41, 5.74) is 0. The second-order valence-electron chi connectivity index (χ2n) is 4.26. The van der Waals surface area contributed by atoms with E-state index in [4.69, 9.17) is 14.2 Å². The highest BCUT2D eigenvalue weighted by Crippen LogP contribution is 2.14. The molecule has 0 aliphatic carbocycles. The molecule has 2 heterocycles. The molecule has 2 unspecified atom stereocenters. The van der Waals surface area contributed by atoms with Gasteiger partial charge in [0.15, 0.2) is 6.29 Å². The Hall–Kier alpha value is 0.0300. The molecule has 2 aliphatic heterocycles. The second-order valence-corrected chi connectivity index (χ2v) is 5.88. The maximum atomic E-state index is 11.8. The summed E-state index contributed by atoms with van der Waals surface area (Å²) >= 11 is 0. The van der Waals surface area contributed by atoms with Gasteiger partial charge < -0.3 is 14.2 Å². The van der Waals surface area contributed by atoms with Crippen molar-refractivity contribution in [1.29, 1.82) is 0 Å². The molecule has 2 atom stereocenters. The molecule has 2 aliphatic rings. The molecular formula is C11H20O4S. The molecular weight excluding hydrogens is 228 g/mol. The van der Waals surface area contributed by atoms with Crippen LogP contribution in [-0.4, -0.2) is 47.9 Å². The van der Waals surface area contributed by atoms with Gasteiger partial charge in [0.05, 0.1) is 19.3 Å². The summed E-state index contributed by atoms with van der Waals surface area (Å²) in [6.45, 7) is 2.36. The smallest absolute Gasteiger partial charge is 0.158 e. The Morgan fingerprint density at radius 1 is 1.06 bits per heavy atom. The lowest BCUT2D eigenvalue weighted by Gasteiger charge is -2.23. The molecule has 16 heavy (non-hydrogen) atoms. The summed E-state index contributed by atoms with van der Waals surface area (Å²) in [5.74, 6) is 1.33.